The highest BCUT2D eigenvalue weighted by molar-refractivity contribution is 5.33. The molecular formula is C17H24O. The molecule has 1 atom stereocenters. The third-order valence-electron chi connectivity index (χ3n) is 4.91. The molecule has 1 aromatic rings. The summed E-state index contributed by atoms with van der Waals surface area (Å²) < 4.78 is 0. The minimum atomic E-state index is -0.540. The van der Waals surface area contributed by atoms with Gasteiger partial charge in [0.1, 0.15) is 0 Å². The molecule has 0 aromatic heterocycles. The topological polar surface area (TPSA) is 20.2 Å². The van der Waals surface area contributed by atoms with Crippen LogP contribution < -0.4 is 0 Å². The molecule has 0 aliphatic heterocycles. The first-order chi connectivity index (χ1) is 8.78. The van der Waals surface area contributed by atoms with E-state index in [0.717, 1.165) is 31.6 Å². The van der Waals surface area contributed by atoms with E-state index in [1.54, 1.807) is 0 Å². The summed E-state index contributed by atoms with van der Waals surface area (Å²) in [4.78, 5) is 0. The minimum absolute atomic E-state index is 0.540. The first kappa shape index (κ1) is 12.2. The Labute approximate surface area is 110 Å². The van der Waals surface area contributed by atoms with Gasteiger partial charge >= 0.3 is 0 Å². The molecule has 18 heavy (non-hydrogen) atoms. The van der Waals surface area contributed by atoms with Gasteiger partial charge in [-0.3, -0.25) is 0 Å². The summed E-state index contributed by atoms with van der Waals surface area (Å²) >= 11 is 0. The molecule has 0 saturated heterocycles. The second-order valence-electron chi connectivity index (χ2n) is 6.25. The maximum absolute atomic E-state index is 11.2. The summed E-state index contributed by atoms with van der Waals surface area (Å²) in [6.07, 6.45) is 10.9. The van der Waals surface area contributed by atoms with Crippen LogP contribution in [0.1, 0.15) is 62.5 Å². The predicted octanol–water partition coefficient (Wildman–Crippen LogP) is 4.18. The summed E-state index contributed by atoms with van der Waals surface area (Å²) in [7, 11) is 0. The van der Waals surface area contributed by atoms with Gasteiger partial charge < -0.3 is 5.11 Å². The van der Waals surface area contributed by atoms with Crippen LogP contribution in [0.2, 0.25) is 0 Å². The third kappa shape index (κ3) is 2.33. The van der Waals surface area contributed by atoms with Gasteiger partial charge in [-0.1, -0.05) is 49.9 Å². The molecule has 98 valence electrons. The van der Waals surface area contributed by atoms with E-state index in [1.165, 1.54) is 43.2 Å². The average Bonchev–Trinajstić information content (AvgIpc) is 2.82. The van der Waals surface area contributed by atoms with Crippen LogP contribution >= 0.6 is 0 Å². The zero-order chi connectivity index (χ0) is 12.4. The van der Waals surface area contributed by atoms with Crippen LogP contribution in [-0.2, 0) is 12.0 Å². The molecule has 1 nitrogen and oxygen atoms in total. The van der Waals surface area contributed by atoms with E-state index in [0.29, 0.717) is 0 Å². The van der Waals surface area contributed by atoms with Crippen LogP contribution in [-0.4, -0.2) is 5.11 Å². The predicted molar refractivity (Wildman–Crippen MR) is 74.5 cm³/mol. The highest BCUT2D eigenvalue weighted by Gasteiger charge is 2.35. The van der Waals surface area contributed by atoms with Gasteiger partial charge in [0.2, 0.25) is 0 Å². The Balaban J connectivity index is 1.89. The van der Waals surface area contributed by atoms with Gasteiger partial charge in [-0.2, -0.15) is 0 Å². The Morgan fingerprint density at radius 1 is 1.06 bits per heavy atom. The van der Waals surface area contributed by atoms with Crippen molar-refractivity contribution < 1.29 is 5.11 Å². The standard InChI is InChI=1S/C17H24O/c18-17(13-14-7-1-2-8-14)12-6-5-10-15-9-3-4-11-16(15)17/h3-4,9,11,14,18H,1-2,5-8,10,12-13H2. The lowest BCUT2D eigenvalue weighted by atomic mass is 9.80. The average molecular weight is 244 g/mol. The zero-order valence-electron chi connectivity index (χ0n) is 11.2. The summed E-state index contributed by atoms with van der Waals surface area (Å²) in [6, 6.07) is 8.57. The van der Waals surface area contributed by atoms with E-state index in [-0.39, 0.29) is 0 Å². The number of benzene rings is 1. The molecule has 3 rings (SSSR count). The number of rotatable bonds is 2. The Bertz CT molecular complexity index is 406. The normalized spacial score (nSPS) is 28.9. The first-order valence-electron chi connectivity index (χ1n) is 7.59. The Morgan fingerprint density at radius 2 is 1.83 bits per heavy atom. The van der Waals surface area contributed by atoms with E-state index in [9.17, 15) is 5.11 Å². The van der Waals surface area contributed by atoms with Gasteiger partial charge in [0, 0.05) is 0 Å². The zero-order valence-corrected chi connectivity index (χ0v) is 11.2. The Morgan fingerprint density at radius 3 is 2.67 bits per heavy atom. The van der Waals surface area contributed by atoms with Crippen molar-refractivity contribution in [2.45, 2.75) is 63.4 Å². The van der Waals surface area contributed by atoms with Gasteiger partial charge in [0.15, 0.2) is 0 Å². The highest BCUT2D eigenvalue weighted by Crippen LogP contribution is 2.42. The van der Waals surface area contributed by atoms with Gasteiger partial charge in [0.05, 0.1) is 5.60 Å². The smallest absolute Gasteiger partial charge is 0.0901 e. The molecule has 1 unspecified atom stereocenters. The van der Waals surface area contributed by atoms with Gasteiger partial charge in [-0.15, -0.1) is 0 Å². The maximum Gasteiger partial charge on any atom is 0.0901 e. The van der Waals surface area contributed by atoms with Gasteiger partial charge in [0.25, 0.3) is 0 Å². The number of aliphatic hydroxyl groups is 1. The highest BCUT2D eigenvalue weighted by atomic mass is 16.3. The molecule has 0 bridgehead atoms. The second-order valence-corrected chi connectivity index (χ2v) is 6.25. The van der Waals surface area contributed by atoms with E-state index in [4.69, 9.17) is 0 Å². The fourth-order valence-electron chi connectivity index (χ4n) is 3.96. The van der Waals surface area contributed by atoms with Crippen molar-refractivity contribution >= 4 is 0 Å². The molecule has 1 N–H and O–H groups in total. The summed E-state index contributed by atoms with van der Waals surface area (Å²) in [5.41, 5.74) is 2.08. The summed E-state index contributed by atoms with van der Waals surface area (Å²) in [5.74, 6) is 0.751. The number of hydrogen-bond donors (Lipinski definition) is 1. The van der Waals surface area contributed by atoms with Gasteiger partial charge in [-0.05, 0) is 49.1 Å². The van der Waals surface area contributed by atoms with Crippen LogP contribution in [0.25, 0.3) is 0 Å². The molecule has 0 heterocycles. The molecule has 1 saturated carbocycles. The largest absolute Gasteiger partial charge is 0.385 e. The van der Waals surface area contributed by atoms with Crippen LogP contribution in [0.4, 0.5) is 0 Å². The van der Waals surface area contributed by atoms with Crippen molar-refractivity contribution in [3.05, 3.63) is 35.4 Å². The second kappa shape index (κ2) is 5.05. The monoisotopic (exact) mass is 244 g/mol. The molecule has 1 heteroatoms. The SMILES string of the molecule is OC1(CC2CCCC2)CCCCc2ccccc21. The minimum Gasteiger partial charge on any atom is -0.385 e. The lowest BCUT2D eigenvalue weighted by molar-refractivity contribution is 0.00268. The van der Waals surface area contributed by atoms with E-state index < -0.39 is 5.60 Å². The fourth-order valence-corrected chi connectivity index (χ4v) is 3.96. The van der Waals surface area contributed by atoms with Crippen molar-refractivity contribution in [3.63, 3.8) is 0 Å². The van der Waals surface area contributed by atoms with E-state index in [2.05, 4.69) is 24.3 Å². The Kier molecular flexibility index (Phi) is 3.43. The lowest BCUT2D eigenvalue weighted by Gasteiger charge is -2.31. The third-order valence-corrected chi connectivity index (χ3v) is 4.91. The van der Waals surface area contributed by atoms with Crippen molar-refractivity contribution in [2.75, 3.05) is 0 Å². The molecule has 2 aliphatic rings. The molecule has 2 aliphatic carbocycles. The number of hydrogen-bond acceptors (Lipinski definition) is 1. The molecule has 0 radical (unpaired) electrons. The van der Waals surface area contributed by atoms with E-state index >= 15 is 0 Å². The van der Waals surface area contributed by atoms with Crippen LogP contribution in [0.15, 0.2) is 24.3 Å². The molecule has 0 spiro atoms. The van der Waals surface area contributed by atoms with Crippen LogP contribution in [0, 0.1) is 5.92 Å². The summed E-state index contributed by atoms with van der Waals surface area (Å²) in [5, 5.41) is 11.2. The van der Waals surface area contributed by atoms with Crippen molar-refractivity contribution in [3.8, 4) is 0 Å². The molecule has 1 fully saturated rings. The molecule has 1 aromatic carbocycles. The molecular weight excluding hydrogens is 220 g/mol. The van der Waals surface area contributed by atoms with Crippen molar-refractivity contribution in [2.24, 2.45) is 5.92 Å². The fraction of sp³-hybridized carbons (Fsp3) is 0.647. The van der Waals surface area contributed by atoms with Crippen molar-refractivity contribution in [1.29, 1.82) is 0 Å². The quantitative estimate of drug-likeness (QED) is 0.774. The summed E-state index contributed by atoms with van der Waals surface area (Å²) in [6.45, 7) is 0. The van der Waals surface area contributed by atoms with Crippen LogP contribution in [0.3, 0.4) is 0 Å². The maximum atomic E-state index is 11.2. The molecule has 0 amide bonds. The van der Waals surface area contributed by atoms with Gasteiger partial charge in [-0.25, -0.2) is 0 Å². The van der Waals surface area contributed by atoms with E-state index in [1.807, 2.05) is 0 Å². The van der Waals surface area contributed by atoms with Crippen molar-refractivity contribution in [1.82, 2.24) is 0 Å². The lowest BCUT2D eigenvalue weighted by Crippen LogP contribution is -2.28. The number of fused-ring (bicyclic) bond motifs is 1. The first-order valence-corrected chi connectivity index (χ1v) is 7.59. The number of aryl methyl sites for hydroxylation is 1. The van der Waals surface area contributed by atoms with Crippen LogP contribution in [0.5, 0.6) is 0 Å². The Hall–Kier alpha value is -0.820.